The van der Waals surface area contributed by atoms with Crippen molar-refractivity contribution in [2.24, 2.45) is 5.92 Å². The first-order valence-electron chi connectivity index (χ1n) is 9.47. The number of benzene rings is 1. The van der Waals surface area contributed by atoms with Gasteiger partial charge in [0, 0.05) is 18.3 Å². The summed E-state index contributed by atoms with van der Waals surface area (Å²) in [6, 6.07) is 8.16. The van der Waals surface area contributed by atoms with Crippen molar-refractivity contribution in [2.75, 3.05) is 19.9 Å². The summed E-state index contributed by atoms with van der Waals surface area (Å²) >= 11 is 0. The number of rotatable bonds is 5. The van der Waals surface area contributed by atoms with Crippen LogP contribution in [0.25, 0.3) is 0 Å². The predicted molar refractivity (Wildman–Crippen MR) is 101 cm³/mol. The summed E-state index contributed by atoms with van der Waals surface area (Å²) < 4.78 is 11.1. The van der Waals surface area contributed by atoms with Crippen molar-refractivity contribution in [3.05, 3.63) is 57.5 Å². The molecular weight excluding hydrogens is 328 g/mol. The van der Waals surface area contributed by atoms with Crippen molar-refractivity contribution in [3.63, 3.8) is 0 Å². The number of aryl methyl sites for hydroxylation is 2. The molecule has 4 rings (SSSR count). The summed E-state index contributed by atoms with van der Waals surface area (Å²) in [6.07, 6.45) is 6.37. The summed E-state index contributed by atoms with van der Waals surface area (Å²) in [5.41, 5.74) is 3.28. The zero-order valence-corrected chi connectivity index (χ0v) is 15.3. The fourth-order valence-electron chi connectivity index (χ4n) is 3.99. The van der Waals surface area contributed by atoms with E-state index in [1.807, 2.05) is 25.1 Å². The van der Waals surface area contributed by atoms with Crippen molar-refractivity contribution >= 4 is 0 Å². The Morgan fingerprint density at radius 3 is 2.88 bits per heavy atom. The van der Waals surface area contributed by atoms with E-state index in [0.29, 0.717) is 6.79 Å². The molecule has 5 nitrogen and oxygen atoms in total. The lowest BCUT2D eigenvalue weighted by molar-refractivity contribution is 0.169. The van der Waals surface area contributed by atoms with Crippen LogP contribution >= 0.6 is 0 Å². The Labute approximate surface area is 153 Å². The number of nitrogens with one attached hydrogen (secondary N) is 1. The molecule has 1 aromatic heterocycles. The summed E-state index contributed by atoms with van der Waals surface area (Å²) in [7, 11) is 0. The van der Waals surface area contributed by atoms with Crippen molar-refractivity contribution in [2.45, 2.75) is 39.2 Å². The second-order valence-corrected chi connectivity index (χ2v) is 7.44. The van der Waals surface area contributed by atoms with E-state index >= 15 is 0 Å². The molecule has 0 bridgehead atoms. The van der Waals surface area contributed by atoms with E-state index in [1.54, 1.807) is 6.20 Å². The Kier molecular flexibility index (Phi) is 4.98. The van der Waals surface area contributed by atoms with Gasteiger partial charge < -0.3 is 14.5 Å². The smallest absolute Gasteiger partial charge is 0.252 e. The molecule has 26 heavy (non-hydrogen) atoms. The number of piperidine rings is 1. The molecule has 138 valence electrons. The highest BCUT2D eigenvalue weighted by molar-refractivity contribution is 5.48. The van der Waals surface area contributed by atoms with Crippen molar-refractivity contribution < 1.29 is 9.47 Å². The average molecular weight is 354 g/mol. The highest BCUT2D eigenvalue weighted by atomic mass is 16.7. The van der Waals surface area contributed by atoms with Gasteiger partial charge in [-0.15, -0.1) is 0 Å². The molecule has 0 amide bonds. The van der Waals surface area contributed by atoms with Crippen LogP contribution in [0.2, 0.25) is 0 Å². The van der Waals surface area contributed by atoms with Crippen LogP contribution in [0, 0.1) is 12.8 Å². The van der Waals surface area contributed by atoms with Gasteiger partial charge in [-0.2, -0.15) is 0 Å². The van der Waals surface area contributed by atoms with E-state index in [-0.39, 0.29) is 5.56 Å². The van der Waals surface area contributed by atoms with E-state index in [1.165, 1.54) is 24.8 Å². The Hall–Kier alpha value is -2.27. The molecule has 1 aromatic carbocycles. The maximum absolute atomic E-state index is 12.0. The minimum atomic E-state index is 0.0397. The fourth-order valence-corrected chi connectivity index (χ4v) is 3.99. The first-order chi connectivity index (χ1) is 12.7. The molecular formula is C21H26N2O3. The molecule has 2 aliphatic heterocycles. The number of aromatic amines is 1. The lowest BCUT2D eigenvalue weighted by Crippen LogP contribution is -2.35. The number of fused-ring (bicyclic) bond motifs is 1. The van der Waals surface area contributed by atoms with Crippen LogP contribution in [0.1, 0.15) is 36.0 Å². The minimum Gasteiger partial charge on any atom is -0.454 e. The molecule has 2 aliphatic rings. The summed E-state index contributed by atoms with van der Waals surface area (Å²) in [4.78, 5) is 17.2. The molecule has 2 aromatic rings. The number of hydrogen-bond donors (Lipinski definition) is 1. The van der Waals surface area contributed by atoms with E-state index in [2.05, 4.69) is 16.0 Å². The lowest BCUT2D eigenvalue weighted by atomic mass is 9.90. The third-order valence-corrected chi connectivity index (χ3v) is 5.53. The van der Waals surface area contributed by atoms with Crippen LogP contribution < -0.4 is 15.0 Å². The molecule has 0 atom stereocenters. The first-order valence-corrected chi connectivity index (χ1v) is 9.47. The SMILES string of the molecule is Cc1c[nH]c(=O)c(CN2CCC(CCc3cccc4c3OCO4)CC2)c1. The zero-order chi connectivity index (χ0) is 17.9. The van der Waals surface area contributed by atoms with Crippen LogP contribution in [0.5, 0.6) is 11.5 Å². The van der Waals surface area contributed by atoms with Gasteiger partial charge in [0.15, 0.2) is 11.5 Å². The van der Waals surface area contributed by atoms with Crippen LogP contribution in [0.3, 0.4) is 0 Å². The summed E-state index contributed by atoms with van der Waals surface area (Å²) in [5, 5.41) is 0. The van der Waals surface area contributed by atoms with Gasteiger partial charge in [0.25, 0.3) is 5.56 Å². The number of para-hydroxylation sites is 1. The van der Waals surface area contributed by atoms with Gasteiger partial charge in [-0.3, -0.25) is 9.69 Å². The number of aromatic nitrogens is 1. The van der Waals surface area contributed by atoms with Gasteiger partial charge in [-0.1, -0.05) is 12.1 Å². The zero-order valence-electron chi connectivity index (χ0n) is 15.3. The third kappa shape index (κ3) is 3.78. The molecule has 0 unspecified atom stereocenters. The maximum atomic E-state index is 12.0. The Morgan fingerprint density at radius 1 is 1.19 bits per heavy atom. The van der Waals surface area contributed by atoms with Crippen molar-refractivity contribution in [1.29, 1.82) is 0 Å². The lowest BCUT2D eigenvalue weighted by Gasteiger charge is -2.32. The Bertz CT molecular complexity index is 822. The van der Waals surface area contributed by atoms with Crippen LogP contribution in [0.4, 0.5) is 0 Å². The number of pyridine rings is 1. The molecule has 0 saturated carbocycles. The van der Waals surface area contributed by atoms with E-state index in [9.17, 15) is 4.79 Å². The van der Waals surface area contributed by atoms with Gasteiger partial charge in [-0.05, 0) is 74.9 Å². The molecule has 0 radical (unpaired) electrons. The van der Waals surface area contributed by atoms with Crippen LogP contribution in [-0.2, 0) is 13.0 Å². The van der Waals surface area contributed by atoms with Crippen LogP contribution in [-0.4, -0.2) is 29.8 Å². The summed E-state index contributed by atoms with van der Waals surface area (Å²) in [5.74, 6) is 2.55. The monoisotopic (exact) mass is 354 g/mol. The molecule has 0 aliphatic carbocycles. The molecule has 5 heteroatoms. The quantitative estimate of drug-likeness (QED) is 0.895. The second-order valence-electron chi connectivity index (χ2n) is 7.44. The molecule has 0 spiro atoms. The predicted octanol–water partition coefficient (Wildman–Crippen LogP) is 3.26. The first kappa shape index (κ1) is 17.2. The van der Waals surface area contributed by atoms with E-state index in [0.717, 1.165) is 54.6 Å². The number of H-pyrrole nitrogens is 1. The minimum absolute atomic E-state index is 0.0397. The standard InChI is InChI=1S/C21H26N2O3/c1-15-11-18(21(24)22-12-15)13-23-9-7-16(8-10-23)5-6-17-3-2-4-19-20(17)26-14-25-19/h2-4,11-12,16H,5-10,13-14H2,1H3,(H,22,24). The average Bonchev–Trinajstić information content (AvgIpc) is 3.13. The number of likely N-dealkylation sites (tertiary alicyclic amines) is 1. The Balaban J connectivity index is 1.28. The molecule has 1 fully saturated rings. The topological polar surface area (TPSA) is 54.6 Å². The number of ether oxygens (including phenoxy) is 2. The van der Waals surface area contributed by atoms with E-state index in [4.69, 9.17) is 9.47 Å². The number of hydrogen-bond acceptors (Lipinski definition) is 4. The molecule has 1 saturated heterocycles. The second kappa shape index (κ2) is 7.54. The highest BCUT2D eigenvalue weighted by Gasteiger charge is 2.22. The van der Waals surface area contributed by atoms with Crippen molar-refractivity contribution in [1.82, 2.24) is 9.88 Å². The maximum Gasteiger partial charge on any atom is 0.252 e. The summed E-state index contributed by atoms with van der Waals surface area (Å²) in [6.45, 7) is 5.22. The number of nitrogens with zero attached hydrogens (tertiary/aromatic N) is 1. The van der Waals surface area contributed by atoms with Gasteiger partial charge in [0.05, 0.1) is 0 Å². The third-order valence-electron chi connectivity index (χ3n) is 5.53. The fraction of sp³-hybridized carbons (Fsp3) is 0.476. The van der Waals surface area contributed by atoms with Crippen LogP contribution in [0.15, 0.2) is 35.3 Å². The van der Waals surface area contributed by atoms with E-state index < -0.39 is 0 Å². The molecule has 1 N–H and O–H groups in total. The van der Waals surface area contributed by atoms with Gasteiger partial charge in [0.1, 0.15) is 0 Å². The Morgan fingerprint density at radius 2 is 2.04 bits per heavy atom. The largest absolute Gasteiger partial charge is 0.454 e. The van der Waals surface area contributed by atoms with Gasteiger partial charge >= 0.3 is 0 Å². The van der Waals surface area contributed by atoms with Gasteiger partial charge in [0.2, 0.25) is 6.79 Å². The van der Waals surface area contributed by atoms with Crippen molar-refractivity contribution in [3.8, 4) is 11.5 Å². The molecule has 3 heterocycles. The highest BCUT2D eigenvalue weighted by Crippen LogP contribution is 2.36. The normalized spacial score (nSPS) is 17.6. The van der Waals surface area contributed by atoms with Gasteiger partial charge in [-0.25, -0.2) is 0 Å².